The van der Waals surface area contributed by atoms with Crippen molar-refractivity contribution in [3.63, 3.8) is 0 Å². The maximum absolute atomic E-state index is 11.9. The third-order valence-electron chi connectivity index (χ3n) is 3.43. The predicted octanol–water partition coefficient (Wildman–Crippen LogP) is 2.69. The number of carbonyl (C=O) groups is 1. The maximum Gasteiger partial charge on any atom is 0.271 e. The third kappa shape index (κ3) is 5.02. The lowest BCUT2D eigenvalue weighted by atomic mass is 9.97. The van der Waals surface area contributed by atoms with Gasteiger partial charge >= 0.3 is 0 Å². The number of aromatic nitrogens is 2. The summed E-state index contributed by atoms with van der Waals surface area (Å²) in [5.41, 5.74) is 1.80. The number of anilines is 1. The van der Waals surface area contributed by atoms with Crippen molar-refractivity contribution in [3.05, 3.63) is 42.4 Å². The van der Waals surface area contributed by atoms with Crippen LogP contribution in [0.3, 0.4) is 0 Å². The lowest BCUT2D eigenvalue weighted by Gasteiger charge is -2.12. The Morgan fingerprint density at radius 1 is 1.33 bits per heavy atom. The molecule has 2 rings (SSSR count). The minimum absolute atomic E-state index is 0.172. The van der Waals surface area contributed by atoms with Crippen molar-refractivity contribution < 1.29 is 4.79 Å². The summed E-state index contributed by atoms with van der Waals surface area (Å²) in [5, 5.41) is 5.91. The van der Waals surface area contributed by atoms with Gasteiger partial charge in [0.05, 0.1) is 12.4 Å². The van der Waals surface area contributed by atoms with Gasteiger partial charge in [-0.3, -0.25) is 4.79 Å². The summed E-state index contributed by atoms with van der Waals surface area (Å²) in [7, 11) is 0. The van der Waals surface area contributed by atoms with Crippen molar-refractivity contribution in [2.24, 2.45) is 0 Å². The average Bonchev–Trinajstić information content (AvgIpc) is 2.54. The monoisotopic (exact) mass is 286 g/mol. The van der Waals surface area contributed by atoms with Crippen molar-refractivity contribution in [1.82, 2.24) is 15.3 Å². The Balaban J connectivity index is 1.77. The average molecular weight is 286 g/mol. The van der Waals surface area contributed by atoms with Crippen LogP contribution in [0.1, 0.15) is 42.6 Å². The van der Waals surface area contributed by atoms with Gasteiger partial charge in [0.2, 0.25) is 0 Å². The summed E-state index contributed by atoms with van der Waals surface area (Å²) in [6.07, 6.45) is 12.9. The minimum atomic E-state index is -0.172. The fourth-order valence-corrected chi connectivity index (χ4v) is 2.27. The number of hydrogen-bond donors (Lipinski definition) is 2. The summed E-state index contributed by atoms with van der Waals surface area (Å²) >= 11 is 0. The SMILES string of the molecule is C=CCNc1cnc(C(=O)NCCC2=CCCCC2)cn1. The second kappa shape index (κ2) is 8.19. The third-order valence-corrected chi connectivity index (χ3v) is 3.43. The summed E-state index contributed by atoms with van der Waals surface area (Å²) in [4.78, 5) is 20.2. The first-order valence-corrected chi connectivity index (χ1v) is 7.42. The summed E-state index contributed by atoms with van der Waals surface area (Å²) in [5.74, 6) is 0.466. The lowest BCUT2D eigenvalue weighted by molar-refractivity contribution is 0.0948. The second-order valence-corrected chi connectivity index (χ2v) is 5.07. The molecular weight excluding hydrogens is 264 g/mol. The van der Waals surface area contributed by atoms with Crippen molar-refractivity contribution >= 4 is 11.7 Å². The van der Waals surface area contributed by atoms with E-state index >= 15 is 0 Å². The van der Waals surface area contributed by atoms with Crippen molar-refractivity contribution in [3.8, 4) is 0 Å². The van der Waals surface area contributed by atoms with E-state index < -0.39 is 0 Å². The molecule has 1 aliphatic rings. The fraction of sp³-hybridized carbons (Fsp3) is 0.438. The van der Waals surface area contributed by atoms with Gasteiger partial charge in [0.1, 0.15) is 11.5 Å². The Bertz CT molecular complexity index is 508. The smallest absolute Gasteiger partial charge is 0.271 e. The first-order chi connectivity index (χ1) is 10.3. The lowest BCUT2D eigenvalue weighted by Crippen LogP contribution is -2.26. The number of nitrogens with zero attached hydrogens (tertiary/aromatic N) is 2. The van der Waals surface area contributed by atoms with Crippen LogP contribution in [0.2, 0.25) is 0 Å². The molecule has 0 atom stereocenters. The number of amides is 1. The van der Waals surface area contributed by atoms with Gasteiger partial charge < -0.3 is 10.6 Å². The van der Waals surface area contributed by atoms with E-state index in [2.05, 4.69) is 33.3 Å². The van der Waals surface area contributed by atoms with Crippen molar-refractivity contribution in [2.75, 3.05) is 18.4 Å². The second-order valence-electron chi connectivity index (χ2n) is 5.07. The van der Waals surface area contributed by atoms with Crippen LogP contribution in [-0.2, 0) is 0 Å². The molecular formula is C16H22N4O. The molecule has 0 radical (unpaired) electrons. The zero-order chi connectivity index (χ0) is 14.9. The van der Waals surface area contributed by atoms with Crippen molar-refractivity contribution in [1.29, 1.82) is 0 Å². The number of hydrogen-bond acceptors (Lipinski definition) is 4. The zero-order valence-corrected chi connectivity index (χ0v) is 12.3. The van der Waals surface area contributed by atoms with E-state index in [0.717, 1.165) is 6.42 Å². The van der Waals surface area contributed by atoms with Gasteiger partial charge in [-0.05, 0) is 32.1 Å². The van der Waals surface area contributed by atoms with Crippen LogP contribution in [0, 0.1) is 0 Å². The molecule has 1 heterocycles. The van der Waals surface area contributed by atoms with Crippen LogP contribution in [0.4, 0.5) is 5.82 Å². The van der Waals surface area contributed by atoms with E-state index in [0.29, 0.717) is 24.6 Å². The first kappa shape index (κ1) is 15.2. The van der Waals surface area contributed by atoms with Gasteiger partial charge in [-0.2, -0.15) is 0 Å². The molecule has 5 nitrogen and oxygen atoms in total. The van der Waals surface area contributed by atoms with Gasteiger partial charge in [0.15, 0.2) is 0 Å². The molecule has 0 aliphatic heterocycles. The van der Waals surface area contributed by atoms with E-state index in [-0.39, 0.29) is 5.91 Å². The predicted molar refractivity (Wildman–Crippen MR) is 84.2 cm³/mol. The molecule has 2 N–H and O–H groups in total. The standard InChI is InChI=1S/C16H22N4O/c1-2-9-17-15-12-19-14(11-20-15)16(21)18-10-8-13-6-4-3-5-7-13/h2,6,11-12H,1,3-5,7-10H2,(H,17,20)(H,18,21). The number of nitrogens with one attached hydrogen (secondary N) is 2. The molecule has 0 aromatic carbocycles. The summed E-state index contributed by atoms with van der Waals surface area (Å²) in [6.45, 7) is 4.89. The topological polar surface area (TPSA) is 66.9 Å². The van der Waals surface area contributed by atoms with Crippen LogP contribution in [0.25, 0.3) is 0 Å². The van der Waals surface area contributed by atoms with E-state index in [1.165, 1.54) is 37.5 Å². The molecule has 1 aromatic heterocycles. The number of rotatable bonds is 7. The molecule has 0 fully saturated rings. The molecule has 0 unspecified atom stereocenters. The zero-order valence-electron chi connectivity index (χ0n) is 12.3. The fourth-order valence-electron chi connectivity index (χ4n) is 2.27. The van der Waals surface area contributed by atoms with E-state index in [1.807, 2.05) is 0 Å². The van der Waals surface area contributed by atoms with Crippen LogP contribution in [0.5, 0.6) is 0 Å². The largest absolute Gasteiger partial charge is 0.365 e. The van der Waals surface area contributed by atoms with Gasteiger partial charge in [0.25, 0.3) is 5.91 Å². The molecule has 5 heteroatoms. The van der Waals surface area contributed by atoms with Crippen LogP contribution >= 0.6 is 0 Å². The summed E-state index contributed by atoms with van der Waals surface area (Å²) < 4.78 is 0. The van der Waals surface area contributed by atoms with Gasteiger partial charge in [-0.15, -0.1) is 6.58 Å². The molecule has 1 aliphatic carbocycles. The van der Waals surface area contributed by atoms with Gasteiger partial charge in [0, 0.05) is 13.1 Å². The highest BCUT2D eigenvalue weighted by atomic mass is 16.1. The quantitative estimate of drug-likeness (QED) is 0.756. The molecule has 0 saturated carbocycles. The number of allylic oxidation sites excluding steroid dienone is 1. The Morgan fingerprint density at radius 2 is 2.24 bits per heavy atom. The molecule has 0 bridgehead atoms. The van der Waals surface area contributed by atoms with Crippen LogP contribution < -0.4 is 10.6 Å². The van der Waals surface area contributed by atoms with Crippen LogP contribution in [-0.4, -0.2) is 29.0 Å². The Hall–Kier alpha value is -2.17. The van der Waals surface area contributed by atoms with Gasteiger partial charge in [-0.25, -0.2) is 9.97 Å². The van der Waals surface area contributed by atoms with Gasteiger partial charge in [-0.1, -0.05) is 17.7 Å². The highest BCUT2D eigenvalue weighted by molar-refractivity contribution is 5.91. The van der Waals surface area contributed by atoms with E-state index in [4.69, 9.17) is 0 Å². The number of carbonyl (C=O) groups excluding carboxylic acids is 1. The maximum atomic E-state index is 11.9. The molecule has 0 spiro atoms. The Kier molecular flexibility index (Phi) is 5.94. The highest BCUT2D eigenvalue weighted by Crippen LogP contribution is 2.19. The van der Waals surface area contributed by atoms with E-state index in [1.54, 1.807) is 12.3 Å². The van der Waals surface area contributed by atoms with E-state index in [9.17, 15) is 4.79 Å². The van der Waals surface area contributed by atoms with Crippen LogP contribution in [0.15, 0.2) is 36.7 Å². The first-order valence-electron chi connectivity index (χ1n) is 7.42. The molecule has 21 heavy (non-hydrogen) atoms. The normalized spacial score (nSPS) is 14.2. The molecule has 112 valence electrons. The molecule has 0 saturated heterocycles. The molecule has 1 amide bonds. The van der Waals surface area contributed by atoms with Crippen molar-refractivity contribution in [2.45, 2.75) is 32.1 Å². The Morgan fingerprint density at radius 3 is 2.90 bits per heavy atom. The Labute approximate surface area is 125 Å². The summed E-state index contributed by atoms with van der Waals surface area (Å²) in [6, 6.07) is 0. The highest BCUT2D eigenvalue weighted by Gasteiger charge is 2.08. The minimum Gasteiger partial charge on any atom is -0.365 e. The molecule has 1 aromatic rings.